The van der Waals surface area contributed by atoms with Crippen molar-refractivity contribution < 1.29 is 9.47 Å². The molecule has 3 nitrogen and oxygen atoms in total. The summed E-state index contributed by atoms with van der Waals surface area (Å²) in [6.07, 6.45) is 3.42. The van der Waals surface area contributed by atoms with Crippen LogP contribution in [0.15, 0.2) is 22.7 Å². The molecular weight excluding hydrogens is 330 g/mol. The molecule has 0 aliphatic carbocycles. The summed E-state index contributed by atoms with van der Waals surface area (Å²) in [5.74, 6) is 0.896. The molecule has 0 aromatic heterocycles. The first-order valence-electron chi connectivity index (χ1n) is 7.50. The van der Waals surface area contributed by atoms with Crippen LogP contribution in [-0.4, -0.2) is 33.9 Å². The molecule has 1 N–H and O–H groups in total. The molecule has 1 rings (SSSR count). The van der Waals surface area contributed by atoms with E-state index in [-0.39, 0.29) is 0 Å². The topological polar surface area (TPSA) is 30.5 Å². The van der Waals surface area contributed by atoms with Crippen molar-refractivity contribution >= 4 is 15.9 Å². The third-order valence-corrected chi connectivity index (χ3v) is 4.53. The number of hydrogen-bond donors (Lipinski definition) is 1. The highest BCUT2D eigenvalue weighted by atomic mass is 79.9. The highest BCUT2D eigenvalue weighted by Gasteiger charge is 2.17. The molecule has 0 aliphatic rings. The molecule has 0 fully saturated rings. The molecule has 21 heavy (non-hydrogen) atoms. The smallest absolute Gasteiger partial charge is 0.120 e. The molecular formula is C17H28BrNO2. The monoisotopic (exact) mass is 357 g/mol. The van der Waals surface area contributed by atoms with Crippen molar-refractivity contribution in [2.45, 2.75) is 33.1 Å². The maximum Gasteiger partial charge on any atom is 0.120 e. The Kier molecular flexibility index (Phi) is 8.30. The highest BCUT2D eigenvalue weighted by Crippen LogP contribution is 2.30. The standard InChI is InChI=1S/C17H28BrNO2/c1-17(2,9-10-19-11-12-20-3)8-7-14-5-6-15(21-4)13-16(14)18/h5-6,13,19H,7-12H2,1-4H3. The largest absolute Gasteiger partial charge is 0.497 e. The summed E-state index contributed by atoms with van der Waals surface area (Å²) in [6, 6.07) is 6.21. The SMILES string of the molecule is COCCNCCC(C)(C)CCc1ccc(OC)cc1Br. The van der Waals surface area contributed by atoms with Gasteiger partial charge in [-0.2, -0.15) is 0 Å². The average Bonchev–Trinajstić information content (AvgIpc) is 2.45. The fourth-order valence-corrected chi connectivity index (χ4v) is 2.74. The predicted molar refractivity (Wildman–Crippen MR) is 92.2 cm³/mol. The Morgan fingerprint density at radius 3 is 2.52 bits per heavy atom. The van der Waals surface area contributed by atoms with E-state index in [0.717, 1.165) is 36.3 Å². The molecule has 0 atom stereocenters. The Morgan fingerprint density at radius 2 is 1.90 bits per heavy atom. The fraction of sp³-hybridized carbons (Fsp3) is 0.647. The zero-order valence-corrected chi connectivity index (χ0v) is 15.3. The second-order valence-corrected chi connectivity index (χ2v) is 6.97. The van der Waals surface area contributed by atoms with Gasteiger partial charge in [-0.3, -0.25) is 0 Å². The zero-order chi connectivity index (χ0) is 15.7. The van der Waals surface area contributed by atoms with E-state index in [1.165, 1.54) is 18.4 Å². The van der Waals surface area contributed by atoms with E-state index in [0.29, 0.717) is 5.41 Å². The van der Waals surface area contributed by atoms with Gasteiger partial charge in [-0.15, -0.1) is 0 Å². The van der Waals surface area contributed by atoms with Gasteiger partial charge in [0.1, 0.15) is 5.75 Å². The molecule has 0 bridgehead atoms. The van der Waals surface area contributed by atoms with Crippen LogP contribution in [-0.2, 0) is 11.2 Å². The molecule has 0 saturated heterocycles. The molecule has 4 heteroatoms. The van der Waals surface area contributed by atoms with E-state index in [1.807, 2.05) is 12.1 Å². The van der Waals surface area contributed by atoms with Crippen molar-refractivity contribution in [3.63, 3.8) is 0 Å². The maximum atomic E-state index is 5.23. The van der Waals surface area contributed by atoms with Crippen molar-refractivity contribution in [3.05, 3.63) is 28.2 Å². The minimum atomic E-state index is 0.333. The Labute approximate surface area is 137 Å². The quantitative estimate of drug-likeness (QED) is 0.641. The zero-order valence-electron chi connectivity index (χ0n) is 13.7. The van der Waals surface area contributed by atoms with Gasteiger partial charge in [0.2, 0.25) is 0 Å². The Morgan fingerprint density at radius 1 is 1.14 bits per heavy atom. The van der Waals surface area contributed by atoms with E-state index < -0.39 is 0 Å². The summed E-state index contributed by atoms with van der Waals surface area (Å²) in [6.45, 7) is 7.42. The van der Waals surface area contributed by atoms with Gasteiger partial charge in [0.15, 0.2) is 0 Å². The minimum absolute atomic E-state index is 0.333. The normalized spacial score (nSPS) is 11.7. The molecule has 1 aromatic carbocycles. The number of methoxy groups -OCH3 is 2. The third kappa shape index (κ3) is 7.30. The van der Waals surface area contributed by atoms with E-state index in [1.54, 1.807) is 14.2 Å². The van der Waals surface area contributed by atoms with E-state index in [9.17, 15) is 0 Å². The van der Waals surface area contributed by atoms with Gasteiger partial charge >= 0.3 is 0 Å². The number of benzene rings is 1. The summed E-state index contributed by atoms with van der Waals surface area (Å²) in [5.41, 5.74) is 1.68. The Balaban J connectivity index is 2.38. The van der Waals surface area contributed by atoms with Gasteiger partial charge in [0.05, 0.1) is 13.7 Å². The van der Waals surface area contributed by atoms with Crippen molar-refractivity contribution in [2.24, 2.45) is 5.41 Å². The number of rotatable bonds is 10. The lowest BCUT2D eigenvalue weighted by molar-refractivity contribution is 0.197. The minimum Gasteiger partial charge on any atom is -0.497 e. The Bertz CT molecular complexity index is 421. The lowest BCUT2D eigenvalue weighted by Gasteiger charge is -2.25. The first-order valence-corrected chi connectivity index (χ1v) is 8.30. The van der Waals surface area contributed by atoms with Crippen molar-refractivity contribution in [3.8, 4) is 5.75 Å². The fourth-order valence-electron chi connectivity index (χ4n) is 2.18. The van der Waals surface area contributed by atoms with Crippen LogP contribution in [0.25, 0.3) is 0 Å². The van der Waals surface area contributed by atoms with Gasteiger partial charge in [-0.25, -0.2) is 0 Å². The van der Waals surface area contributed by atoms with Crippen molar-refractivity contribution in [1.29, 1.82) is 0 Å². The van der Waals surface area contributed by atoms with Crippen molar-refractivity contribution in [1.82, 2.24) is 5.32 Å². The molecule has 0 aliphatic heterocycles. The number of hydrogen-bond acceptors (Lipinski definition) is 3. The number of nitrogens with one attached hydrogen (secondary N) is 1. The van der Waals surface area contributed by atoms with E-state index >= 15 is 0 Å². The summed E-state index contributed by atoms with van der Waals surface area (Å²) >= 11 is 3.63. The number of halogens is 1. The van der Waals surface area contributed by atoms with Crippen LogP contribution in [0.4, 0.5) is 0 Å². The Hall–Kier alpha value is -0.580. The highest BCUT2D eigenvalue weighted by molar-refractivity contribution is 9.10. The van der Waals surface area contributed by atoms with Crippen LogP contribution >= 0.6 is 15.9 Å². The lowest BCUT2D eigenvalue weighted by Crippen LogP contribution is -2.25. The van der Waals surface area contributed by atoms with Gasteiger partial charge < -0.3 is 14.8 Å². The predicted octanol–water partition coefficient (Wildman–Crippen LogP) is 4.04. The molecule has 0 unspecified atom stereocenters. The lowest BCUT2D eigenvalue weighted by atomic mass is 9.83. The van der Waals surface area contributed by atoms with Crippen LogP contribution < -0.4 is 10.1 Å². The van der Waals surface area contributed by atoms with E-state index in [2.05, 4.69) is 41.2 Å². The second kappa shape index (κ2) is 9.44. The number of aryl methyl sites for hydroxylation is 1. The van der Waals surface area contributed by atoms with Crippen LogP contribution in [0.2, 0.25) is 0 Å². The van der Waals surface area contributed by atoms with E-state index in [4.69, 9.17) is 9.47 Å². The van der Waals surface area contributed by atoms with Gasteiger partial charge in [-0.05, 0) is 48.9 Å². The average molecular weight is 358 g/mol. The van der Waals surface area contributed by atoms with Gasteiger partial charge in [0, 0.05) is 18.1 Å². The first-order chi connectivity index (χ1) is 9.98. The second-order valence-electron chi connectivity index (χ2n) is 6.11. The summed E-state index contributed by atoms with van der Waals surface area (Å²) in [4.78, 5) is 0. The molecule has 0 amide bonds. The molecule has 0 saturated carbocycles. The van der Waals surface area contributed by atoms with Crippen molar-refractivity contribution in [2.75, 3.05) is 33.9 Å². The van der Waals surface area contributed by atoms with Crippen LogP contribution in [0.3, 0.4) is 0 Å². The first kappa shape index (κ1) is 18.5. The summed E-state index contributed by atoms with van der Waals surface area (Å²) in [7, 11) is 3.43. The molecule has 1 aromatic rings. The molecule has 120 valence electrons. The summed E-state index contributed by atoms with van der Waals surface area (Å²) in [5, 5.41) is 3.42. The van der Waals surface area contributed by atoms with Gasteiger partial charge in [0.25, 0.3) is 0 Å². The molecule has 0 radical (unpaired) electrons. The maximum absolute atomic E-state index is 5.23. The summed E-state index contributed by atoms with van der Waals surface area (Å²) < 4.78 is 11.4. The van der Waals surface area contributed by atoms with Crippen LogP contribution in [0.5, 0.6) is 5.75 Å². The number of ether oxygens (including phenoxy) is 2. The third-order valence-electron chi connectivity index (χ3n) is 3.79. The molecule has 0 spiro atoms. The van der Waals surface area contributed by atoms with Crippen LogP contribution in [0.1, 0.15) is 32.3 Å². The molecule has 0 heterocycles. The van der Waals surface area contributed by atoms with Gasteiger partial charge in [-0.1, -0.05) is 35.8 Å². The van der Waals surface area contributed by atoms with Crippen LogP contribution in [0, 0.1) is 5.41 Å².